The van der Waals surface area contributed by atoms with E-state index in [0.29, 0.717) is 27.4 Å². The van der Waals surface area contributed by atoms with Crippen molar-refractivity contribution in [2.75, 3.05) is 0 Å². The highest BCUT2D eigenvalue weighted by molar-refractivity contribution is 6.33. The maximum Gasteiger partial charge on any atom is 0.138 e. The van der Waals surface area contributed by atoms with E-state index in [4.69, 9.17) is 45.3 Å². The van der Waals surface area contributed by atoms with E-state index >= 15 is 0 Å². The van der Waals surface area contributed by atoms with Crippen molar-refractivity contribution in [2.45, 2.75) is 19.6 Å². The normalized spacial score (nSPS) is 12.2. The molecule has 0 saturated carbocycles. The van der Waals surface area contributed by atoms with Crippen molar-refractivity contribution in [3.05, 3.63) is 62.6 Å². The largest absolute Gasteiger partial charge is 0.487 e. The van der Waals surface area contributed by atoms with Gasteiger partial charge < -0.3 is 10.5 Å². The summed E-state index contributed by atoms with van der Waals surface area (Å²) in [5, 5.41) is 1.75. The van der Waals surface area contributed by atoms with Gasteiger partial charge >= 0.3 is 0 Å². The fraction of sp³-hybridized carbons (Fsp3) is 0.200. The van der Waals surface area contributed by atoms with Crippen molar-refractivity contribution in [1.82, 2.24) is 0 Å². The monoisotopic (exact) mass is 329 g/mol. The molecule has 2 aromatic rings. The Labute approximate surface area is 133 Å². The summed E-state index contributed by atoms with van der Waals surface area (Å²) in [5.74, 6) is 0.590. The van der Waals surface area contributed by atoms with Crippen LogP contribution in [-0.4, -0.2) is 0 Å². The predicted octanol–water partition coefficient (Wildman–Crippen LogP) is 5.25. The van der Waals surface area contributed by atoms with Crippen LogP contribution in [0.5, 0.6) is 5.75 Å². The minimum atomic E-state index is -0.0658. The molecule has 20 heavy (non-hydrogen) atoms. The maximum absolute atomic E-state index is 6.17. The lowest BCUT2D eigenvalue weighted by Gasteiger charge is -2.12. The number of nitrogens with two attached hydrogens (primary N) is 1. The van der Waals surface area contributed by atoms with E-state index in [-0.39, 0.29) is 6.04 Å². The molecule has 0 amide bonds. The first kappa shape index (κ1) is 15.5. The molecular weight excluding hydrogens is 317 g/mol. The molecule has 5 heteroatoms. The van der Waals surface area contributed by atoms with Gasteiger partial charge in [0.1, 0.15) is 12.4 Å². The van der Waals surface area contributed by atoms with Crippen LogP contribution in [0.4, 0.5) is 0 Å². The molecule has 0 saturated heterocycles. The SMILES string of the molecule is C[C@@H](N)c1ccc(OCc2cc(Cl)ccc2Cl)c(Cl)c1. The second kappa shape index (κ2) is 6.68. The molecule has 2 N–H and O–H groups in total. The molecular formula is C15H14Cl3NO. The molecule has 0 spiro atoms. The van der Waals surface area contributed by atoms with Gasteiger partial charge in [0.05, 0.1) is 5.02 Å². The topological polar surface area (TPSA) is 35.2 Å². The lowest BCUT2D eigenvalue weighted by Crippen LogP contribution is -2.05. The van der Waals surface area contributed by atoms with Gasteiger partial charge in [-0.3, -0.25) is 0 Å². The fourth-order valence-electron chi connectivity index (χ4n) is 1.73. The minimum Gasteiger partial charge on any atom is -0.487 e. The molecule has 0 bridgehead atoms. The number of hydrogen-bond donors (Lipinski definition) is 1. The Kier molecular flexibility index (Phi) is 5.17. The molecule has 0 aromatic heterocycles. The van der Waals surface area contributed by atoms with Gasteiger partial charge in [0.25, 0.3) is 0 Å². The van der Waals surface area contributed by atoms with E-state index in [0.717, 1.165) is 11.1 Å². The van der Waals surface area contributed by atoms with Crippen molar-refractivity contribution in [3.8, 4) is 5.75 Å². The van der Waals surface area contributed by atoms with Crippen LogP contribution < -0.4 is 10.5 Å². The molecule has 0 radical (unpaired) electrons. The third kappa shape index (κ3) is 3.80. The van der Waals surface area contributed by atoms with Crippen LogP contribution in [0, 0.1) is 0 Å². The lowest BCUT2D eigenvalue weighted by molar-refractivity contribution is 0.306. The zero-order chi connectivity index (χ0) is 14.7. The van der Waals surface area contributed by atoms with Gasteiger partial charge in [0, 0.05) is 21.7 Å². The van der Waals surface area contributed by atoms with E-state index in [2.05, 4.69) is 0 Å². The fourth-order valence-corrected chi connectivity index (χ4v) is 2.34. The first-order chi connectivity index (χ1) is 9.47. The zero-order valence-corrected chi connectivity index (χ0v) is 13.1. The Hall–Kier alpha value is -0.930. The first-order valence-corrected chi connectivity index (χ1v) is 7.22. The summed E-state index contributed by atoms with van der Waals surface area (Å²) in [6.07, 6.45) is 0. The predicted molar refractivity (Wildman–Crippen MR) is 84.8 cm³/mol. The van der Waals surface area contributed by atoms with E-state index in [9.17, 15) is 0 Å². The van der Waals surface area contributed by atoms with E-state index in [1.165, 1.54) is 0 Å². The van der Waals surface area contributed by atoms with Gasteiger partial charge in [0.2, 0.25) is 0 Å². The van der Waals surface area contributed by atoms with Gasteiger partial charge in [-0.25, -0.2) is 0 Å². The Balaban J connectivity index is 2.13. The van der Waals surface area contributed by atoms with Crippen molar-refractivity contribution in [3.63, 3.8) is 0 Å². The zero-order valence-electron chi connectivity index (χ0n) is 10.9. The van der Waals surface area contributed by atoms with Crippen LogP contribution in [0.3, 0.4) is 0 Å². The van der Waals surface area contributed by atoms with Crippen LogP contribution in [-0.2, 0) is 6.61 Å². The second-order valence-electron chi connectivity index (χ2n) is 4.50. The highest BCUT2D eigenvalue weighted by Crippen LogP contribution is 2.29. The second-order valence-corrected chi connectivity index (χ2v) is 5.75. The van der Waals surface area contributed by atoms with Gasteiger partial charge in [-0.05, 0) is 42.8 Å². The molecule has 0 heterocycles. The number of halogens is 3. The highest BCUT2D eigenvalue weighted by atomic mass is 35.5. The summed E-state index contributed by atoms with van der Waals surface area (Å²) >= 11 is 18.2. The van der Waals surface area contributed by atoms with Crippen LogP contribution >= 0.6 is 34.8 Å². The molecule has 106 valence electrons. The van der Waals surface area contributed by atoms with E-state index in [1.54, 1.807) is 30.3 Å². The van der Waals surface area contributed by atoms with Gasteiger partial charge in [-0.2, -0.15) is 0 Å². The Bertz CT molecular complexity index is 614. The summed E-state index contributed by atoms with van der Waals surface area (Å²) in [6, 6.07) is 10.7. The third-order valence-corrected chi connectivity index (χ3v) is 3.77. The van der Waals surface area contributed by atoms with E-state index < -0.39 is 0 Å². The molecule has 2 nitrogen and oxygen atoms in total. The van der Waals surface area contributed by atoms with Gasteiger partial charge in [0.15, 0.2) is 0 Å². The van der Waals surface area contributed by atoms with E-state index in [1.807, 2.05) is 13.0 Å². The average molecular weight is 331 g/mol. The van der Waals surface area contributed by atoms with Crippen LogP contribution in [0.2, 0.25) is 15.1 Å². The molecule has 0 aliphatic carbocycles. The molecule has 1 atom stereocenters. The summed E-state index contributed by atoms with van der Waals surface area (Å²) in [7, 11) is 0. The number of rotatable bonds is 4. The Morgan fingerprint density at radius 1 is 1.05 bits per heavy atom. The number of benzene rings is 2. The standard InChI is InChI=1S/C15H14Cl3NO/c1-9(19)10-2-5-15(14(18)7-10)20-8-11-6-12(16)3-4-13(11)17/h2-7,9H,8,19H2,1H3/t9-/m1/s1. The highest BCUT2D eigenvalue weighted by Gasteiger charge is 2.08. The summed E-state index contributed by atoms with van der Waals surface area (Å²) in [6.45, 7) is 2.20. The average Bonchev–Trinajstić information content (AvgIpc) is 2.40. The number of ether oxygens (including phenoxy) is 1. The molecule has 0 aliphatic rings. The van der Waals surface area contributed by atoms with Crippen LogP contribution in [0.25, 0.3) is 0 Å². The van der Waals surface area contributed by atoms with Crippen LogP contribution in [0.15, 0.2) is 36.4 Å². The van der Waals surface area contributed by atoms with Crippen molar-refractivity contribution >= 4 is 34.8 Å². The van der Waals surface area contributed by atoms with Crippen LogP contribution in [0.1, 0.15) is 24.1 Å². The molecule has 2 aromatic carbocycles. The summed E-state index contributed by atoms with van der Waals surface area (Å²) in [5.41, 5.74) is 7.58. The molecule has 0 unspecified atom stereocenters. The quantitative estimate of drug-likeness (QED) is 0.831. The first-order valence-electron chi connectivity index (χ1n) is 6.09. The van der Waals surface area contributed by atoms with Crippen molar-refractivity contribution < 1.29 is 4.74 Å². The molecule has 0 fully saturated rings. The molecule has 0 aliphatic heterocycles. The van der Waals surface area contributed by atoms with Gasteiger partial charge in [-0.1, -0.05) is 40.9 Å². The Morgan fingerprint density at radius 3 is 2.45 bits per heavy atom. The van der Waals surface area contributed by atoms with Crippen molar-refractivity contribution in [1.29, 1.82) is 0 Å². The summed E-state index contributed by atoms with van der Waals surface area (Å²) < 4.78 is 5.68. The summed E-state index contributed by atoms with van der Waals surface area (Å²) in [4.78, 5) is 0. The number of hydrogen-bond acceptors (Lipinski definition) is 2. The smallest absolute Gasteiger partial charge is 0.138 e. The molecule has 2 rings (SSSR count). The Morgan fingerprint density at radius 2 is 1.80 bits per heavy atom. The van der Waals surface area contributed by atoms with Gasteiger partial charge in [-0.15, -0.1) is 0 Å². The van der Waals surface area contributed by atoms with Crippen molar-refractivity contribution in [2.24, 2.45) is 5.73 Å². The minimum absolute atomic E-state index is 0.0658. The third-order valence-electron chi connectivity index (χ3n) is 2.87. The maximum atomic E-state index is 6.17. The lowest BCUT2D eigenvalue weighted by atomic mass is 10.1.